The molecule has 2 rings (SSSR count). The number of rotatable bonds is 4. The quantitative estimate of drug-likeness (QED) is 0.796. The molecule has 19 heavy (non-hydrogen) atoms. The number of carbonyl (C=O) groups excluding carboxylic acids is 1. The number of hydrogen-bond acceptors (Lipinski definition) is 3. The van der Waals surface area contributed by atoms with E-state index in [1.165, 1.54) is 12.1 Å². The molecule has 0 aliphatic carbocycles. The Balaban J connectivity index is 2.39. The molecule has 2 aromatic rings. The molecular weight excluding hydrogens is 247 g/mol. The highest BCUT2D eigenvalue weighted by atomic mass is 19.1. The smallest absolute Gasteiger partial charge is 0.358 e. The van der Waals surface area contributed by atoms with Gasteiger partial charge in [-0.25, -0.2) is 9.18 Å². The molecule has 0 aliphatic heterocycles. The average molecular weight is 262 g/mol. The first-order valence-corrected chi connectivity index (χ1v) is 6.16. The zero-order valence-electron chi connectivity index (χ0n) is 10.9. The van der Waals surface area contributed by atoms with E-state index < -0.39 is 5.97 Å². The number of nitrogens with zero attached hydrogens (tertiary/aromatic N) is 2. The number of ether oxygens (including phenoxy) is 1. The second-order valence-electron chi connectivity index (χ2n) is 3.96. The highest BCUT2D eigenvalue weighted by Crippen LogP contribution is 2.21. The molecule has 0 spiro atoms. The second kappa shape index (κ2) is 5.65. The van der Waals surface area contributed by atoms with Crippen molar-refractivity contribution in [3.8, 4) is 11.3 Å². The van der Waals surface area contributed by atoms with Gasteiger partial charge in [-0.2, -0.15) is 5.10 Å². The summed E-state index contributed by atoms with van der Waals surface area (Å²) in [5, 5.41) is 4.19. The van der Waals surface area contributed by atoms with Gasteiger partial charge in [0.1, 0.15) is 5.82 Å². The number of benzene rings is 1. The molecule has 0 saturated heterocycles. The summed E-state index contributed by atoms with van der Waals surface area (Å²) in [6.07, 6.45) is 0. The summed E-state index contributed by atoms with van der Waals surface area (Å²) >= 11 is 0. The van der Waals surface area contributed by atoms with Crippen LogP contribution in [-0.4, -0.2) is 22.4 Å². The Hall–Kier alpha value is -2.17. The number of carbonyl (C=O) groups is 1. The van der Waals surface area contributed by atoms with Gasteiger partial charge >= 0.3 is 5.97 Å². The van der Waals surface area contributed by atoms with Gasteiger partial charge in [0.05, 0.1) is 12.3 Å². The standard InChI is InChI=1S/C14H15FN2O2/c1-3-17-13(10-5-7-11(15)8-6-10)9-12(16-17)14(18)19-4-2/h5-9H,3-4H2,1-2H3. The summed E-state index contributed by atoms with van der Waals surface area (Å²) in [5.74, 6) is -0.741. The summed E-state index contributed by atoms with van der Waals surface area (Å²) in [7, 11) is 0. The van der Waals surface area contributed by atoms with Crippen LogP contribution >= 0.6 is 0 Å². The number of esters is 1. The molecule has 0 bridgehead atoms. The topological polar surface area (TPSA) is 44.1 Å². The Bertz CT molecular complexity index is 576. The van der Waals surface area contributed by atoms with E-state index >= 15 is 0 Å². The zero-order valence-corrected chi connectivity index (χ0v) is 10.9. The Morgan fingerprint density at radius 3 is 2.58 bits per heavy atom. The molecule has 1 aromatic heterocycles. The lowest BCUT2D eigenvalue weighted by Gasteiger charge is -2.03. The number of aromatic nitrogens is 2. The lowest BCUT2D eigenvalue weighted by molar-refractivity contribution is 0.0518. The molecular formula is C14H15FN2O2. The fourth-order valence-electron chi connectivity index (χ4n) is 1.82. The molecule has 4 nitrogen and oxygen atoms in total. The summed E-state index contributed by atoms with van der Waals surface area (Å²) < 4.78 is 19.5. The summed E-state index contributed by atoms with van der Waals surface area (Å²) in [6.45, 7) is 4.60. The minimum absolute atomic E-state index is 0.267. The van der Waals surface area contributed by atoms with Gasteiger partial charge in [0, 0.05) is 12.1 Å². The van der Waals surface area contributed by atoms with Gasteiger partial charge in [-0.3, -0.25) is 4.68 Å². The van der Waals surface area contributed by atoms with Gasteiger partial charge in [-0.1, -0.05) is 0 Å². The maximum Gasteiger partial charge on any atom is 0.358 e. The van der Waals surface area contributed by atoms with Crippen molar-refractivity contribution in [3.05, 3.63) is 41.8 Å². The number of aryl methyl sites for hydroxylation is 1. The van der Waals surface area contributed by atoms with Crippen LogP contribution < -0.4 is 0 Å². The third-order valence-electron chi connectivity index (χ3n) is 2.70. The van der Waals surface area contributed by atoms with Crippen LogP contribution in [0.1, 0.15) is 24.3 Å². The Morgan fingerprint density at radius 1 is 1.32 bits per heavy atom. The predicted octanol–water partition coefficient (Wildman–Crippen LogP) is 2.89. The Labute approximate surface area is 110 Å². The van der Waals surface area contributed by atoms with Crippen molar-refractivity contribution in [2.45, 2.75) is 20.4 Å². The van der Waals surface area contributed by atoms with E-state index in [-0.39, 0.29) is 11.5 Å². The van der Waals surface area contributed by atoms with E-state index in [2.05, 4.69) is 5.10 Å². The maximum absolute atomic E-state index is 12.9. The maximum atomic E-state index is 12.9. The SMILES string of the molecule is CCOC(=O)c1cc(-c2ccc(F)cc2)n(CC)n1. The van der Waals surface area contributed by atoms with Gasteiger partial charge < -0.3 is 4.74 Å². The molecule has 0 saturated carbocycles. The van der Waals surface area contributed by atoms with Crippen molar-refractivity contribution in [1.82, 2.24) is 9.78 Å². The normalized spacial score (nSPS) is 10.5. The molecule has 0 aliphatic rings. The van der Waals surface area contributed by atoms with Crippen molar-refractivity contribution < 1.29 is 13.9 Å². The number of halogens is 1. The highest BCUT2D eigenvalue weighted by Gasteiger charge is 2.15. The van der Waals surface area contributed by atoms with E-state index in [0.29, 0.717) is 13.2 Å². The molecule has 0 radical (unpaired) electrons. The third kappa shape index (κ3) is 2.81. The molecule has 0 N–H and O–H groups in total. The fraction of sp³-hybridized carbons (Fsp3) is 0.286. The number of hydrogen-bond donors (Lipinski definition) is 0. The lowest BCUT2D eigenvalue weighted by Crippen LogP contribution is -2.07. The molecule has 100 valence electrons. The molecule has 0 fully saturated rings. The van der Waals surface area contributed by atoms with Crippen molar-refractivity contribution >= 4 is 5.97 Å². The van der Waals surface area contributed by atoms with E-state index in [1.54, 1.807) is 29.8 Å². The minimum Gasteiger partial charge on any atom is -0.461 e. The first-order chi connectivity index (χ1) is 9.15. The van der Waals surface area contributed by atoms with Crippen molar-refractivity contribution in [2.75, 3.05) is 6.61 Å². The Kier molecular flexibility index (Phi) is 3.94. The van der Waals surface area contributed by atoms with Crippen molar-refractivity contribution in [1.29, 1.82) is 0 Å². The van der Waals surface area contributed by atoms with Gasteiger partial charge in [0.15, 0.2) is 5.69 Å². The second-order valence-corrected chi connectivity index (χ2v) is 3.96. The molecule has 0 atom stereocenters. The van der Waals surface area contributed by atoms with Crippen LogP contribution in [0.5, 0.6) is 0 Å². The average Bonchev–Trinajstić information content (AvgIpc) is 2.84. The first-order valence-electron chi connectivity index (χ1n) is 6.16. The van der Waals surface area contributed by atoms with Gasteiger partial charge in [0.2, 0.25) is 0 Å². The van der Waals surface area contributed by atoms with Crippen LogP contribution in [0.4, 0.5) is 4.39 Å². The zero-order chi connectivity index (χ0) is 13.8. The first kappa shape index (κ1) is 13.3. The minimum atomic E-state index is -0.446. The van der Waals surface area contributed by atoms with Crippen LogP contribution in [0.2, 0.25) is 0 Å². The van der Waals surface area contributed by atoms with Gasteiger partial charge in [0.25, 0.3) is 0 Å². The molecule has 0 amide bonds. The van der Waals surface area contributed by atoms with Gasteiger partial charge in [-0.05, 0) is 44.2 Å². The van der Waals surface area contributed by atoms with E-state index in [0.717, 1.165) is 11.3 Å². The van der Waals surface area contributed by atoms with Gasteiger partial charge in [-0.15, -0.1) is 0 Å². The van der Waals surface area contributed by atoms with Crippen LogP contribution in [0.15, 0.2) is 30.3 Å². The molecule has 1 heterocycles. The van der Waals surface area contributed by atoms with E-state index in [1.807, 2.05) is 6.92 Å². The molecule has 5 heteroatoms. The lowest BCUT2D eigenvalue weighted by atomic mass is 10.1. The predicted molar refractivity (Wildman–Crippen MR) is 69.3 cm³/mol. The Morgan fingerprint density at radius 2 is 2.00 bits per heavy atom. The molecule has 1 aromatic carbocycles. The third-order valence-corrected chi connectivity index (χ3v) is 2.70. The summed E-state index contributed by atoms with van der Waals surface area (Å²) in [6, 6.07) is 7.74. The largest absolute Gasteiger partial charge is 0.461 e. The van der Waals surface area contributed by atoms with Crippen molar-refractivity contribution in [3.63, 3.8) is 0 Å². The van der Waals surface area contributed by atoms with Crippen LogP contribution in [-0.2, 0) is 11.3 Å². The highest BCUT2D eigenvalue weighted by molar-refractivity contribution is 5.88. The molecule has 0 unspecified atom stereocenters. The van der Waals surface area contributed by atoms with E-state index in [4.69, 9.17) is 4.74 Å². The van der Waals surface area contributed by atoms with Crippen molar-refractivity contribution in [2.24, 2.45) is 0 Å². The van der Waals surface area contributed by atoms with Crippen LogP contribution in [0.25, 0.3) is 11.3 Å². The van der Waals surface area contributed by atoms with E-state index in [9.17, 15) is 9.18 Å². The summed E-state index contributed by atoms with van der Waals surface area (Å²) in [4.78, 5) is 11.7. The fourth-order valence-corrected chi connectivity index (χ4v) is 1.82. The van der Waals surface area contributed by atoms with Crippen LogP contribution in [0.3, 0.4) is 0 Å². The monoisotopic (exact) mass is 262 g/mol. The summed E-state index contributed by atoms with van der Waals surface area (Å²) in [5.41, 5.74) is 1.85. The van der Waals surface area contributed by atoms with Crippen LogP contribution in [0, 0.1) is 5.82 Å².